The SMILES string of the molecule is Cc1cc(NC(=O)CSCC(=O)OCC(=O)N[C@H](C)c2ccc(C)c(C)c2)no1. The number of ether oxygens (including phenoxy) is 1. The van der Waals surface area contributed by atoms with Gasteiger partial charge in [0.05, 0.1) is 17.5 Å². The molecule has 0 aliphatic rings. The van der Waals surface area contributed by atoms with E-state index >= 15 is 0 Å². The number of anilines is 1. The van der Waals surface area contributed by atoms with Crippen LogP contribution < -0.4 is 10.6 Å². The van der Waals surface area contributed by atoms with Crippen molar-refractivity contribution in [2.24, 2.45) is 0 Å². The third kappa shape index (κ3) is 7.61. The first kappa shape index (κ1) is 22.5. The Morgan fingerprint density at radius 2 is 1.86 bits per heavy atom. The lowest BCUT2D eigenvalue weighted by molar-refractivity contribution is -0.146. The Kier molecular flexibility index (Phi) is 8.26. The van der Waals surface area contributed by atoms with Crippen LogP contribution in [0, 0.1) is 20.8 Å². The first-order valence-electron chi connectivity index (χ1n) is 9.07. The molecule has 0 saturated heterocycles. The fourth-order valence-electron chi connectivity index (χ4n) is 2.42. The number of nitrogens with zero attached hydrogens (tertiary/aromatic N) is 1. The largest absolute Gasteiger partial charge is 0.455 e. The molecule has 29 heavy (non-hydrogen) atoms. The van der Waals surface area contributed by atoms with Gasteiger partial charge in [-0.15, -0.1) is 11.8 Å². The molecule has 1 atom stereocenters. The Bertz CT molecular complexity index is 881. The highest BCUT2D eigenvalue weighted by molar-refractivity contribution is 8.00. The molecule has 1 heterocycles. The molecule has 0 fully saturated rings. The summed E-state index contributed by atoms with van der Waals surface area (Å²) in [7, 11) is 0. The molecule has 0 aliphatic heterocycles. The van der Waals surface area contributed by atoms with Gasteiger partial charge in [0, 0.05) is 6.07 Å². The smallest absolute Gasteiger partial charge is 0.316 e. The van der Waals surface area contributed by atoms with Gasteiger partial charge in [0.15, 0.2) is 12.4 Å². The fraction of sp³-hybridized carbons (Fsp3) is 0.400. The third-order valence-corrected chi connectivity index (χ3v) is 5.03. The summed E-state index contributed by atoms with van der Waals surface area (Å²) in [5.74, 6) is -0.326. The standard InChI is InChI=1S/C20H25N3O5S/c1-12-5-6-16(7-13(12)2)15(4)21-18(24)9-27-20(26)11-29-10-19(25)22-17-8-14(3)28-23-17/h5-8,15H,9-11H2,1-4H3,(H,21,24)(H,22,23,25)/t15-/m1/s1. The molecule has 8 nitrogen and oxygen atoms in total. The number of carbonyl (C=O) groups is 3. The first-order chi connectivity index (χ1) is 13.7. The van der Waals surface area contributed by atoms with Crippen molar-refractivity contribution in [3.63, 3.8) is 0 Å². The molecule has 2 rings (SSSR count). The number of amides is 2. The number of rotatable bonds is 9. The number of carbonyl (C=O) groups excluding carboxylic acids is 3. The number of thioether (sulfide) groups is 1. The van der Waals surface area contributed by atoms with Crippen molar-refractivity contribution in [2.45, 2.75) is 33.7 Å². The quantitative estimate of drug-likeness (QED) is 0.601. The van der Waals surface area contributed by atoms with Gasteiger partial charge in [-0.2, -0.15) is 0 Å². The highest BCUT2D eigenvalue weighted by Gasteiger charge is 2.13. The van der Waals surface area contributed by atoms with Crippen LogP contribution in [-0.4, -0.2) is 41.1 Å². The fourth-order valence-corrected chi connectivity index (χ4v) is 3.03. The summed E-state index contributed by atoms with van der Waals surface area (Å²) in [5.41, 5.74) is 3.31. The Morgan fingerprint density at radius 1 is 1.10 bits per heavy atom. The van der Waals surface area contributed by atoms with E-state index in [9.17, 15) is 14.4 Å². The molecular formula is C20H25N3O5S. The minimum absolute atomic E-state index is 0.0365. The average molecular weight is 420 g/mol. The lowest BCUT2D eigenvalue weighted by atomic mass is 10.0. The molecule has 0 spiro atoms. The third-order valence-electron chi connectivity index (χ3n) is 4.12. The second-order valence-corrected chi connectivity index (χ2v) is 7.64. The molecule has 0 unspecified atom stereocenters. The van der Waals surface area contributed by atoms with E-state index in [2.05, 4.69) is 15.8 Å². The van der Waals surface area contributed by atoms with Gasteiger partial charge in [-0.25, -0.2) is 0 Å². The average Bonchev–Trinajstić information content (AvgIpc) is 3.06. The van der Waals surface area contributed by atoms with Gasteiger partial charge in [-0.3, -0.25) is 14.4 Å². The normalized spacial score (nSPS) is 11.6. The van der Waals surface area contributed by atoms with Gasteiger partial charge in [-0.05, 0) is 44.4 Å². The summed E-state index contributed by atoms with van der Waals surface area (Å²) in [5, 5.41) is 9.00. The van der Waals surface area contributed by atoms with Crippen LogP contribution in [0.4, 0.5) is 5.82 Å². The maximum atomic E-state index is 12.0. The van der Waals surface area contributed by atoms with Crippen LogP contribution in [-0.2, 0) is 19.1 Å². The Balaban J connectivity index is 1.64. The van der Waals surface area contributed by atoms with Gasteiger partial charge in [-0.1, -0.05) is 23.4 Å². The summed E-state index contributed by atoms with van der Waals surface area (Å²) in [4.78, 5) is 35.5. The molecule has 0 bridgehead atoms. The number of nitrogens with one attached hydrogen (secondary N) is 2. The molecule has 2 aromatic rings. The minimum Gasteiger partial charge on any atom is -0.455 e. The molecule has 0 radical (unpaired) electrons. The number of aryl methyl sites for hydroxylation is 3. The van der Waals surface area contributed by atoms with Gasteiger partial charge in [0.25, 0.3) is 5.91 Å². The van der Waals surface area contributed by atoms with Crippen molar-refractivity contribution in [1.29, 1.82) is 0 Å². The van der Waals surface area contributed by atoms with Crippen molar-refractivity contribution in [3.8, 4) is 0 Å². The maximum absolute atomic E-state index is 12.0. The molecule has 1 aromatic heterocycles. The van der Waals surface area contributed by atoms with Crippen LogP contribution in [0.1, 0.15) is 35.4 Å². The van der Waals surface area contributed by atoms with E-state index in [1.165, 1.54) is 5.56 Å². The summed E-state index contributed by atoms with van der Waals surface area (Å²) < 4.78 is 9.80. The van der Waals surface area contributed by atoms with Gasteiger partial charge < -0.3 is 19.9 Å². The highest BCUT2D eigenvalue weighted by atomic mass is 32.2. The van der Waals surface area contributed by atoms with Crippen molar-refractivity contribution < 1.29 is 23.6 Å². The van der Waals surface area contributed by atoms with E-state index in [0.29, 0.717) is 11.6 Å². The van der Waals surface area contributed by atoms with Crippen molar-refractivity contribution in [1.82, 2.24) is 10.5 Å². The zero-order valence-electron chi connectivity index (χ0n) is 16.9. The van der Waals surface area contributed by atoms with Crippen LogP contribution >= 0.6 is 11.8 Å². The van der Waals surface area contributed by atoms with Crippen LogP contribution in [0.15, 0.2) is 28.8 Å². The molecule has 2 N–H and O–H groups in total. The number of hydrogen-bond donors (Lipinski definition) is 2. The minimum atomic E-state index is -0.561. The van der Waals surface area contributed by atoms with Crippen LogP contribution in [0.5, 0.6) is 0 Å². The van der Waals surface area contributed by atoms with Gasteiger partial charge in [0.2, 0.25) is 5.91 Å². The molecule has 1 aromatic carbocycles. The van der Waals surface area contributed by atoms with Crippen molar-refractivity contribution in [3.05, 3.63) is 46.7 Å². The first-order valence-corrected chi connectivity index (χ1v) is 10.2. The van der Waals surface area contributed by atoms with Crippen molar-refractivity contribution in [2.75, 3.05) is 23.4 Å². The lowest BCUT2D eigenvalue weighted by Crippen LogP contribution is -2.31. The zero-order valence-corrected chi connectivity index (χ0v) is 17.7. The predicted molar refractivity (Wildman–Crippen MR) is 111 cm³/mol. The zero-order chi connectivity index (χ0) is 21.4. The Labute approximate surface area is 173 Å². The molecule has 156 valence electrons. The number of esters is 1. The van der Waals surface area contributed by atoms with Gasteiger partial charge in [0.1, 0.15) is 5.76 Å². The predicted octanol–water partition coefficient (Wildman–Crippen LogP) is 2.69. The van der Waals surface area contributed by atoms with E-state index in [1.807, 2.05) is 39.0 Å². The molecule has 2 amide bonds. The number of hydrogen-bond acceptors (Lipinski definition) is 7. The second-order valence-electron chi connectivity index (χ2n) is 6.66. The summed E-state index contributed by atoms with van der Waals surface area (Å²) in [6.45, 7) is 7.26. The molecular weight excluding hydrogens is 394 g/mol. The number of benzene rings is 1. The van der Waals surface area contributed by atoms with E-state index < -0.39 is 5.97 Å². The van der Waals surface area contributed by atoms with E-state index in [0.717, 1.165) is 22.9 Å². The highest BCUT2D eigenvalue weighted by Crippen LogP contribution is 2.16. The molecule has 9 heteroatoms. The topological polar surface area (TPSA) is 111 Å². The van der Waals surface area contributed by atoms with E-state index in [-0.39, 0.29) is 36.0 Å². The van der Waals surface area contributed by atoms with Crippen LogP contribution in [0.25, 0.3) is 0 Å². The summed E-state index contributed by atoms with van der Waals surface area (Å²) in [6.07, 6.45) is 0. The lowest BCUT2D eigenvalue weighted by Gasteiger charge is -2.15. The monoisotopic (exact) mass is 419 g/mol. The molecule has 0 saturated carbocycles. The van der Waals surface area contributed by atoms with E-state index in [4.69, 9.17) is 9.26 Å². The molecule has 0 aliphatic carbocycles. The second kappa shape index (κ2) is 10.7. The van der Waals surface area contributed by atoms with Gasteiger partial charge >= 0.3 is 5.97 Å². The van der Waals surface area contributed by atoms with E-state index in [1.54, 1.807) is 13.0 Å². The Hall–Kier alpha value is -2.81. The maximum Gasteiger partial charge on any atom is 0.316 e. The number of aromatic nitrogens is 1. The summed E-state index contributed by atoms with van der Waals surface area (Å²) in [6, 6.07) is 7.38. The van der Waals surface area contributed by atoms with Crippen molar-refractivity contribution >= 4 is 35.4 Å². The Morgan fingerprint density at radius 3 is 2.52 bits per heavy atom. The van der Waals surface area contributed by atoms with Crippen LogP contribution in [0.2, 0.25) is 0 Å². The summed E-state index contributed by atoms with van der Waals surface area (Å²) >= 11 is 1.08. The van der Waals surface area contributed by atoms with Crippen LogP contribution in [0.3, 0.4) is 0 Å².